The smallest absolute Gasteiger partial charge is 0.399 e. The van der Waals surface area contributed by atoms with Crippen LogP contribution >= 0.6 is 0 Å². The maximum atomic E-state index is 12.7. The van der Waals surface area contributed by atoms with Crippen molar-refractivity contribution in [3.8, 4) is 6.07 Å². The lowest BCUT2D eigenvalue weighted by Crippen LogP contribution is -2.21. The third kappa shape index (κ3) is 2.27. The van der Waals surface area contributed by atoms with E-state index < -0.39 is 17.2 Å². The molecule has 2 N–H and O–H groups in total. The maximum absolute atomic E-state index is 12.7. The van der Waals surface area contributed by atoms with Gasteiger partial charge in [0.05, 0.1) is 17.0 Å². The van der Waals surface area contributed by atoms with E-state index in [9.17, 15) is 13.2 Å². The third-order valence-electron chi connectivity index (χ3n) is 2.30. The molecule has 0 unspecified atom stereocenters. The summed E-state index contributed by atoms with van der Waals surface area (Å²) in [5.41, 5.74) is 3.26. The molecule has 0 aliphatic carbocycles. The molecule has 16 heavy (non-hydrogen) atoms. The van der Waals surface area contributed by atoms with E-state index in [0.29, 0.717) is 0 Å². The van der Waals surface area contributed by atoms with Crippen molar-refractivity contribution in [1.82, 2.24) is 0 Å². The average molecular weight is 228 g/mol. The average Bonchev–Trinajstić information content (AvgIpc) is 2.16. The molecule has 0 heterocycles. The predicted octanol–water partition coefficient (Wildman–Crippen LogP) is 3.09. The van der Waals surface area contributed by atoms with Gasteiger partial charge in [-0.25, -0.2) is 0 Å². The van der Waals surface area contributed by atoms with E-state index in [-0.39, 0.29) is 11.3 Å². The molecule has 1 aromatic carbocycles. The number of nitriles is 1. The summed E-state index contributed by atoms with van der Waals surface area (Å²) < 4.78 is 38.2. The minimum atomic E-state index is -4.50. The van der Waals surface area contributed by atoms with Gasteiger partial charge in [0.15, 0.2) is 0 Å². The number of halogens is 3. The minimum absolute atomic E-state index is 0.0322. The first kappa shape index (κ1) is 12.4. The summed E-state index contributed by atoms with van der Waals surface area (Å²) in [4.78, 5) is 0. The summed E-state index contributed by atoms with van der Waals surface area (Å²) in [6.07, 6.45) is -4.50. The molecule has 0 aromatic heterocycles. The first-order valence-corrected chi connectivity index (χ1v) is 4.57. The zero-order valence-corrected chi connectivity index (χ0v) is 8.89. The van der Waals surface area contributed by atoms with Crippen LogP contribution in [0.25, 0.3) is 0 Å². The molecule has 0 aliphatic rings. The van der Waals surface area contributed by atoms with Gasteiger partial charge in [-0.3, -0.25) is 0 Å². The monoisotopic (exact) mass is 228 g/mol. The molecule has 0 spiro atoms. The van der Waals surface area contributed by atoms with Gasteiger partial charge >= 0.3 is 6.18 Å². The van der Waals surface area contributed by atoms with E-state index in [4.69, 9.17) is 11.0 Å². The fourth-order valence-electron chi connectivity index (χ4n) is 1.40. The van der Waals surface area contributed by atoms with E-state index in [0.717, 1.165) is 6.07 Å². The molecule has 0 bridgehead atoms. The second-order valence-corrected chi connectivity index (χ2v) is 4.04. The van der Waals surface area contributed by atoms with Crippen molar-refractivity contribution in [2.24, 2.45) is 0 Å². The van der Waals surface area contributed by atoms with Crippen molar-refractivity contribution in [3.05, 3.63) is 29.3 Å². The van der Waals surface area contributed by atoms with Crippen molar-refractivity contribution < 1.29 is 13.2 Å². The van der Waals surface area contributed by atoms with Gasteiger partial charge in [0, 0.05) is 5.69 Å². The number of hydrogen-bond donors (Lipinski definition) is 1. The van der Waals surface area contributed by atoms with Crippen LogP contribution in [0, 0.1) is 11.3 Å². The van der Waals surface area contributed by atoms with Gasteiger partial charge in [0.2, 0.25) is 0 Å². The lowest BCUT2D eigenvalue weighted by molar-refractivity contribution is -0.138. The molecule has 0 atom stereocenters. The summed E-state index contributed by atoms with van der Waals surface area (Å²) in [5, 5.41) is 8.86. The van der Waals surface area contributed by atoms with E-state index in [1.807, 2.05) is 6.07 Å². The van der Waals surface area contributed by atoms with Gasteiger partial charge in [-0.1, -0.05) is 6.07 Å². The standard InChI is InChI=1S/C11H11F3N2/c1-10(2,6-15)8-4-3-7(16)5-9(8)11(12,13)14/h3-5H,16H2,1-2H3. The number of alkyl halides is 3. The van der Waals surface area contributed by atoms with Gasteiger partial charge in [-0.2, -0.15) is 18.4 Å². The minimum Gasteiger partial charge on any atom is -0.399 e. The number of rotatable bonds is 1. The highest BCUT2D eigenvalue weighted by molar-refractivity contribution is 5.49. The first-order chi connectivity index (χ1) is 7.18. The summed E-state index contributed by atoms with van der Waals surface area (Å²) >= 11 is 0. The van der Waals surface area contributed by atoms with Crippen LogP contribution in [0.4, 0.5) is 18.9 Å². The Morgan fingerprint density at radius 2 is 1.75 bits per heavy atom. The fraction of sp³-hybridized carbons (Fsp3) is 0.364. The molecular formula is C11H11F3N2. The highest BCUT2D eigenvalue weighted by atomic mass is 19.4. The van der Waals surface area contributed by atoms with Gasteiger partial charge in [-0.15, -0.1) is 0 Å². The predicted molar refractivity (Wildman–Crippen MR) is 54.5 cm³/mol. The maximum Gasteiger partial charge on any atom is 0.416 e. The number of benzene rings is 1. The Labute approximate surface area is 91.5 Å². The number of anilines is 1. The SMILES string of the molecule is CC(C)(C#N)c1ccc(N)cc1C(F)(F)F. The van der Waals surface area contributed by atoms with E-state index >= 15 is 0 Å². The quantitative estimate of drug-likeness (QED) is 0.751. The Balaban J connectivity index is 3.48. The van der Waals surface area contributed by atoms with Crippen LogP contribution in [-0.4, -0.2) is 0 Å². The molecule has 5 heteroatoms. The molecule has 2 nitrogen and oxygen atoms in total. The van der Waals surface area contributed by atoms with Gasteiger partial charge < -0.3 is 5.73 Å². The molecular weight excluding hydrogens is 217 g/mol. The summed E-state index contributed by atoms with van der Waals surface area (Å²) in [6, 6.07) is 5.32. The lowest BCUT2D eigenvalue weighted by atomic mass is 9.83. The van der Waals surface area contributed by atoms with Gasteiger partial charge in [0.1, 0.15) is 0 Å². The summed E-state index contributed by atoms with van der Waals surface area (Å²) in [6.45, 7) is 2.88. The van der Waals surface area contributed by atoms with E-state index in [1.54, 1.807) is 0 Å². The van der Waals surface area contributed by atoms with Crippen LogP contribution in [-0.2, 0) is 11.6 Å². The molecule has 0 radical (unpaired) electrons. The van der Waals surface area contributed by atoms with Crippen LogP contribution in [0.3, 0.4) is 0 Å². The Bertz CT molecular complexity index is 442. The molecule has 1 aromatic rings. The zero-order valence-electron chi connectivity index (χ0n) is 8.89. The Kier molecular flexibility index (Phi) is 2.87. The van der Waals surface area contributed by atoms with Crippen LogP contribution in [0.5, 0.6) is 0 Å². The second kappa shape index (κ2) is 3.71. The highest BCUT2D eigenvalue weighted by Crippen LogP contribution is 2.38. The fourth-order valence-corrected chi connectivity index (χ4v) is 1.40. The van der Waals surface area contributed by atoms with E-state index in [2.05, 4.69) is 0 Å². The molecule has 86 valence electrons. The lowest BCUT2D eigenvalue weighted by Gasteiger charge is -2.21. The van der Waals surface area contributed by atoms with Crippen molar-refractivity contribution in [2.45, 2.75) is 25.4 Å². The number of nitrogens with zero attached hydrogens (tertiary/aromatic N) is 1. The molecule has 0 aliphatic heterocycles. The Morgan fingerprint density at radius 1 is 1.19 bits per heavy atom. The van der Waals surface area contributed by atoms with Crippen LogP contribution < -0.4 is 5.73 Å². The van der Waals surface area contributed by atoms with Gasteiger partial charge in [-0.05, 0) is 31.5 Å². The molecule has 0 fully saturated rings. The summed E-state index contributed by atoms with van der Waals surface area (Å²) in [5.74, 6) is 0. The zero-order chi connectivity index (χ0) is 12.6. The normalized spacial score (nSPS) is 12.2. The van der Waals surface area contributed by atoms with Crippen LogP contribution in [0.1, 0.15) is 25.0 Å². The van der Waals surface area contributed by atoms with E-state index in [1.165, 1.54) is 26.0 Å². The molecule has 1 rings (SSSR count). The largest absolute Gasteiger partial charge is 0.416 e. The van der Waals surface area contributed by atoms with Crippen LogP contribution in [0.2, 0.25) is 0 Å². The molecule has 0 amide bonds. The number of nitrogens with two attached hydrogens (primary N) is 1. The van der Waals surface area contributed by atoms with Crippen molar-refractivity contribution in [1.29, 1.82) is 5.26 Å². The first-order valence-electron chi connectivity index (χ1n) is 4.57. The Morgan fingerprint density at radius 3 is 2.19 bits per heavy atom. The van der Waals surface area contributed by atoms with Crippen molar-refractivity contribution in [2.75, 3.05) is 5.73 Å². The number of nitrogen functional groups attached to an aromatic ring is 1. The van der Waals surface area contributed by atoms with Crippen molar-refractivity contribution in [3.63, 3.8) is 0 Å². The molecule has 0 saturated heterocycles. The number of hydrogen-bond acceptors (Lipinski definition) is 2. The van der Waals surface area contributed by atoms with Crippen LogP contribution in [0.15, 0.2) is 18.2 Å². The third-order valence-corrected chi connectivity index (χ3v) is 2.30. The van der Waals surface area contributed by atoms with Gasteiger partial charge in [0.25, 0.3) is 0 Å². The molecule has 0 saturated carbocycles. The van der Waals surface area contributed by atoms with Crippen molar-refractivity contribution >= 4 is 5.69 Å². The highest BCUT2D eigenvalue weighted by Gasteiger charge is 2.37. The second-order valence-electron chi connectivity index (χ2n) is 4.04. The Hall–Kier alpha value is -1.70. The summed E-state index contributed by atoms with van der Waals surface area (Å²) in [7, 11) is 0. The topological polar surface area (TPSA) is 49.8 Å².